The number of carbonyl (C=O) groups is 4. The number of hydrogen-bond donors (Lipinski definition) is 2. The van der Waals surface area contributed by atoms with Gasteiger partial charge in [-0.1, -0.05) is 0 Å². The maximum Gasteiger partial charge on any atom is 0.303 e. The zero-order chi connectivity index (χ0) is 29.5. The number of ketones is 2. The number of carboxylic acids is 2. The number of methoxy groups -OCH3 is 2. The summed E-state index contributed by atoms with van der Waals surface area (Å²) in [5, 5.41) is 18.4. The first-order valence-electron chi connectivity index (χ1n) is 12.5. The van der Waals surface area contributed by atoms with Crippen molar-refractivity contribution in [2.45, 2.75) is 32.1 Å². The molecule has 13 heteroatoms. The number of aromatic nitrogens is 1. The van der Waals surface area contributed by atoms with Gasteiger partial charge in [-0.25, -0.2) is 4.98 Å². The van der Waals surface area contributed by atoms with E-state index in [-0.39, 0.29) is 49.7 Å². The molecule has 41 heavy (non-hydrogen) atoms. The highest BCUT2D eigenvalue weighted by atomic mass is 32.1. The van der Waals surface area contributed by atoms with Crippen molar-refractivity contribution in [1.82, 2.24) is 4.98 Å². The monoisotopic (exact) mass is 601 g/mol. The molecule has 0 aliphatic heterocycles. The highest BCUT2D eigenvalue weighted by Crippen LogP contribution is 2.37. The third kappa shape index (κ3) is 7.50. The van der Waals surface area contributed by atoms with Crippen molar-refractivity contribution in [2.75, 3.05) is 27.4 Å². The van der Waals surface area contributed by atoms with E-state index in [2.05, 4.69) is 4.98 Å². The summed E-state index contributed by atoms with van der Waals surface area (Å²) < 4.78 is 24.2. The number of hydrogen-bond acceptors (Lipinski definition) is 11. The molecule has 216 valence electrons. The molecule has 0 aliphatic carbocycles. The number of rotatable bonds is 16. The first kappa shape index (κ1) is 29.7. The maximum atomic E-state index is 12.3. The molecule has 0 bridgehead atoms. The van der Waals surface area contributed by atoms with E-state index in [1.165, 1.54) is 36.9 Å². The molecule has 0 fully saturated rings. The lowest BCUT2D eigenvalue weighted by Crippen LogP contribution is -2.07. The number of fused-ring (bicyclic) bond motifs is 2. The van der Waals surface area contributed by atoms with Crippen molar-refractivity contribution in [3.8, 4) is 23.1 Å². The number of carbonyl (C=O) groups excluding carboxylic acids is 2. The van der Waals surface area contributed by atoms with Crippen LogP contribution in [0.3, 0.4) is 0 Å². The summed E-state index contributed by atoms with van der Waals surface area (Å²) in [5.41, 5.74) is 0.551. The zero-order valence-corrected chi connectivity index (χ0v) is 23.9. The second kappa shape index (κ2) is 13.4. The van der Waals surface area contributed by atoms with Crippen LogP contribution in [-0.2, 0) is 9.59 Å². The van der Waals surface area contributed by atoms with Crippen molar-refractivity contribution in [2.24, 2.45) is 0 Å². The van der Waals surface area contributed by atoms with E-state index in [9.17, 15) is 19.2 Å². The third-order valence-electron chi connectivity index (χ3n) is 5.92. The van der Waals surface area contributed by atoms with Gasteiger partial charge in [0.05, 0.1) is 60.2 Å². The molecular weight excluding hydrogens is 574 g/mol. The molecule has 1 aromatic carbocycles. The Bertz CT molecular complexity index is 1490. The van der Waals surface area contributed by atoms with Gasteiger partial charge < -0.3 is 29.2 Å². The largest absolute Gasteiger partial charge is 0.493 e. The number of aliphatic carboxylic acids is 2. The normalized spacial score (nSPS) is 11.0. The van der Waals surface area contributed by atoms with Gasteiger partial charge in [-0.2, -0.15) is 0 Å². The van der Waals surface area contributed by atoms with Crippen LogP contribution in [0, 0.1) is 0 Å². The van der Waals surface area contributed by atoms with Crippen LogP contribution in [-0.4, -0.2) is 66.1 Å². The Hall–Kier alpha value is -4.23. The topological polar surface area (TPSA) is 159 Å². The quantitative estimate of drug-likeness (QED) is 0.124. The minimum atomic E-state index is -1.03. The molecule has 0 saturated heterocycles. The summed E-state index contributed by atoms with van der Waals surface area (Å²) in [6.07, 6.45) is -0.102. The van der Waals surface area contributed by atoms with Crippen LogP contribution in [0.2, 0.25) is 0 Å². The maximum absolute atomic E-state index is 12.3. The molecule has 4 rings (SSSR count). The van der Waals surface area contributed by atoms with Crippen molar-refractivity contribution < 1.29 is 48.3 Å². The van der Waals surface area contributed by atoms with Crippen molar-refractivity contribution >= 4 is 66.5 Å². The van der Waals surface area contributed by atoms with Gasteiger partial charge in [0.15, 0.2) is 28.8 Å². The van der Waals surface area contributed by atoms with Gasteiger partial charge in [-0.3, -0.25) is 19.2 Å². The van der Waals surface area contributed by atoms with Gasteiger partial charge in [0.25, 0.3) is 5.88 Å². The number of pyridine rings is 1. The zero-order valence-electron chi connectivity index (χ0n) is 22.3. The van der Waals surface area contributed by atoms with E-state index >= 15 is 0 Å². The van der Waals surface area contributed by atoms with Crippen LogP contribution in [0.25, 0.3) is 20.3 Å². The first-order chi connectivity index (χ1) is 19.7. The Kier molecular flexibility index (Phi) is 9.73. The summed E-state index contributed by atoms with van der Waals surface area (Å²) in [6, 6.07) is 8.64. The lowest BCUT2D eigenvalue weighted by molar-refractivity contribution is -0.137. The number of Topliss-reactive ketones (excluding diaryl/α,β-unsaturated/α-hetero) is 2. The van der Waals surface area contributed by atoms with E-state index in [4.69, 9.17) is 29.2 Å². The molecule has 0 aliphatic rings. The Morgan fingerprint density at radius 1 is 0.707 bits per heavy atom. The van der Waals surface area contributed by atoms with E-state index in [0.717, 1.165) is 14.8 Å². The van der Waals surface area contributed by atoms with Crippen molar-refractivity contribution in [3.05, 3.63) is 40.1 Å². The van der Waals surface area contributed by atoms with Gasteiger partial charge >= 0.3 is 11.9 Å². The van der Waals surface area contributed by atoms with Crippen LogP contribution in [0.15, 0.2) is 30.3 Å². The van der Waals surface area contributed by atoms with Crippen LogP contribution in [0.5, 0.6) is 23.1 Å². The van der Waals surface area contributed by atoms with Crippen LogP contribution >= 0.6 is 22.7 Å². The summed E-state index contributed by atoms with van der Waals surface area (Å²) in [6.45, 7) is 0.552. The van der Waals surface area contributed by atoms with Gasteiger partial charge in [0.2, 0.25) is 0 Å². The summed E-state index contributed by atoms with van der Waals surface area (Å²) in [7, 11) is 3.01. The fraction of sp³-hybridized carbons (Fsp3) is 0.321. The second-order valence-electron chi connectivity index (χ2n) is 8.83. The Morgan fingerprint density at radius 3 is 1.93 bits per heavy atom. The number of ether oxygens (including phenoxy) is 4. The second-order valence-corrected chi connectivity index (χ2v) is 11.0. The molecule has 4 aromatic rings. The predicted octanol–water partition coefficient (Wildman–Crippen LogP) is 5.47. The SMILES string of the molecule is COc1cc2sc(C(=O)CCC(=O)O)cc2cc1OCCCOc1nc2cc(C(=O)CCC(=O)O)sc2cc1OC. The van der Waals surface area contributed by atoms with Gasteiger partial charge in [0.1, 0.15) is 0 Å². The highest BCUT2D eigenvalue weighted by molar-refractivity contribution is 7.21. The number of benzene rings is 1. The summed E-state index contributed by atoms with van der Waals surface area (Å²) in [4.78, 5) is 51.6. The van der Waals surface area contributed by atoms with Gasteiger partial charge in [0, 0.05) is 36.1 Å². The van der Waals surface area contributed by atoms with Crippen molar-refractivity contribution in [1.29, 1.82) is 0 Å². The number of thiophene rings is 2. The molecule has 0 amide bonds. The lowest BCUT2D eigenvalue weighted by atomic mass is 10.1. The molecule has 3 aromatic heterocycles. The van der Waals surface area contributed by atoms with E-state index in [1.54, 1.807) is 30.3 Å². The number of nitrogens with zero attached hydrogens (tertiary/aromatic N) is 1. The molecule has 2 N–H and O–H groups in total. The molecular formula is C28H27NO10S2. The van der Waals surface area contributed by atoms with Crippen LogP contribution in [0.1, 0.15) is 51.4 Å². The molecule has 3 heterocycles. The van der Waals surface area contributed by atoms with E-state index in [1.807, 2.05) is 0 Å². The van der Waals surface area contributed by atoms with Gasteiger partial charge in [-0.05, 0) is 23.6 Å². The Labute approximate surface area is 242 Å². The first-order valence-corrected chi connectivity index (χ1v) is 14.2. The van der Waals surface area contributed by atoms with Crippen LogP contribution < -0.4 is 18.9 Å². The molecule has 0 atom stereocenters. The van der Waals surface area contributed by atoms with E-state index < -0.39 is 11.9 Å². The average Bonchev–Trinajstić information content (AvgIpc) is 3.56. The minimum absolute atomic E-state index is 0.0618. The summed E-state index contributed by atoms with van der Waals surface area (Å²) >= 11 is 2.50. The Morgan fingerprint density at radius 2 is 1.29 bits per heavy atom. The van der Waals surface area contributed by atoms with Crippen LogP contribution in [0.4, 0.5) is 0 Å². The molecule has 0 unspecified atom stereocenters. The molecule has 0 radical (unpaired) electrons. The highest BCUT2D eigenvalue weighted by Gasteiger charge is 2.17. The third-order valence-corrected chi connectivity index (χ3v) is 8.18. The average molecular weight is 602 g/mol. The fourth-order valence-corrected chi connectivity index (χ4v) is 5.91. The fourth-order valence-electron chi connectivity index (χ4n) is 3.87. The van der Waals surface area contributed by atoms with E-state index in [0.29, 0.717) is 45.5 Å². The molecule has 0 spiro atoms. The molecule has 0 saturated carbocycles. The summed E-state index contributed by atoms with van der Waals surface area (Å²) in [5.74, 6) is -0.855. The number of carboxylic acid groups (broad SMARTS) is 2. The van der Waals surface area contributed by atoms with Crippen molar-refractivity contribution in [3.63, 3.8) is 0 Å². The lowest BCUT2D eigenvalue weighted by Gasteiger charge is -2.12. The van der Waals surface area contributed by atoms with Gasteiger partial charge in [-0.15, -0.1) is 22.7 Å². The molecule has 11 nitrogen and oxygen atoms in total. The minimum Gasteiger partial charge on any atom is -0.493 e. The smallest absolute Gasteiger partial charge is 0.303 e. The Balaban J connectivity index is 1.36. The standard InChI is InChI=1S/C28H27NO10S2/c1-36-19-13-22-15(11-24(40-22)17(30)4-6-26(32)33)10-20(19)38-8-3-9-39-28-21(37-2)14-23-16(29-28)12-25(41-23)18(31)5-7-27(34)35/h10-14H,3-9H2,1-2H3,(H,32,33)(H,34,35). The predicted molar refractivity (Wildman–Crippen MR) is 153 cm³/mol.